The number of nitrogens with one attached hydrogen (secondary N) is 2. The van der Waals surface area contributed by atoms with Crippen LogP contribution in [0.4, 0.5) is 29.3 Å². The number of aromatic nitrogens is 1. The molecular weight excluding hydrogens is 631 g/mol. The van der Waals surface area contributed by atoms with E-state index in [4.69, 9.17) is 9.26 Å². The number of benzene rings is 2. The van der Waals surface area contributed by atoms with Crippen molar-refractivity contribution in [3.8, 4) is 5.75 Å². The summed E-state index contributed by atoms with van der Waals surface area (Å²) >= 11 is 0. The first-order chi connectivity index (χ1) is 21.5. The Morgan fingerprint density at radius 1 is 1.17 bits per heavy atom. The van der Waals surface area contributed by atoms with Crippen LogP contribution in [-0.2, 0) is 27.4 Å². The van der Waals surface area contributed by atoms with Crippen molar-refractivity contribution in [3.05, 3.63) is 65.0 Å². The van der Waals surface area contributed by atoms with Crippen LogP contribution >= 0.6 is 0 Å². The van der Waals surface area contributed by atoms with E-state index in [0.717, 1.165) is 24.3 Å². The second-order valence-corrected chi connectivity index (χ2v) is 13.0. The molecular formula is C30H36F3N5O7S. The number of fused-ring (bicyclic) bond motifs is 1. The maximum atomic E-state index is 13.5. The molecule has 1 aromatic heterocycles. The zero-order chi connectivity index (χ0) is 34.0. The van der Waals surface area contributed by atoms with Gasteiger partial charge in [0.25, 0.3) is 10.0 Å². The number of amides is 3. The number of halogens is 3. The number of aryl methyl sites for hydroxylation is 2. The lowest BCUT2D eigenvalue weighted by Gasteiger charge is -2.34. The molecule has 16 heteroatoms. The second kappa shape index (κ2) is 13.6. The fourth-order valence-corrected chi connectivity index (χ4v) is 6.47. The Hall–Kier alpha value is -4.31. The molecule has 2 aromatic carbocycles. The highest BCUT2D eigenvalue weighted by Gasteiger charge is 2.33. The van der Waals surface area contributed by atoms with Crippen LogP contribution in [-0.4, -0.2) is 79.3 Å². The van der Waals surface area contributed by atoms with Gasteiger partial charge in [-0.3, -0.25) is 9.52 Å². The van der Waals surface area contributed by atoms with Gasteiger partial charge < -0.3 is 29.5 Å². The number of aliphatic hydroxyl groups is 1. The monoisotopic (exact) mass is 667 g/mol. The van der Waals surface area contributed by atoms with Crippen molar-refractivity contribution < 1.29 is 45.5 Å². The molecule has 1 aliphatic rings. The SMILES string of the molecule is Cc1noc(C)c1S(=O)(=O)Nc1ccc2c(c1)CC(=O)N([C@H](C)CO)C[C@H](C)[C@@H](CN(C)C(=O)Nc1ccc(C(F)(F)F)cc1)O2. The molecule has 1 aliphatic heterocycles. The van der Waals surface area contributed by atoms with Gasteiger partial charge in [-0.1, -0.05) is 12.1 Å². The fourth-order valence-electron chi connectivity index (χ4n) is 5.09. The molecule has 0 saturated heterocycles. The first kappa shape index (κ1) is 34.6. The third-order valence-electron chi connectivity index (χ3n) is 7.67. The normalized spacial score (nSPS) is 18.0. The second-order valence-electron chi connectivity index (χ2n) is 11.4. The van der Waals surface area contributed by atoms with Crippen molar-refractivity contribution in [3.63, 3.8) is 0 Å². The molecule has 0 aliphatic carbocycles. The molecule has 0 fully saturated rings. The number of carbonyl (C=O) groups excluding carboxylic acids is 2. The van der Waals surface area contributed by atoms with Crippen molar-refractivity contribution in [2.24, 2.45) is 5.92 Å². The quantitative estimate of drug-likeness (QED) is 0.319. The predicted molar refractivity (Wildman–Crippen MR) is 162 cm³/mol. The van der Waals surface area contributed by atoms with E-state index < -0.39 is 39.9 Å². The lowest BCUT2D eigenvalue weighted by Crippen LogP contribution is -2.48. The van der Waals surface area contributed by atoms with Gasteiger partial charge in [-0.25, -0.2) is 13.2 Å². The molecule has 0 saturated carbocycles. The van der Waals surface area contributed by atoms with Crippen LogP contribution in [0.25, 0.3) is 0 Å². The molecule has 46 heavy (non-hydrogen) atoms. The van der Waals surface area contributed by atoms with Gasteiger partial charge in [-0.05, 0) is 63.2 Å². The summed E-state index contributed by atoms with van der Waals surface area (Å²) in [7, 11) is -2.59. The van der Waals surface area contributed by atoms with E-state index in [1.54, 1.807) is 6.92 Å². The number of likely N-dealkylation sites (N-methyl/N-ethyl adjacent to an activating group) is 1. The third kappa shape index (κ3) is 7.91. The molecule has 12 nitrogen and oxygen atoms in total. The largest absolute Gasteiger partial charge is 0.488 e. The van der Waals surface area contributed by atoms with E-state index in [1.807, 2.05) is 6.92 Å². The number of hydrogen-bond donors (Lipinski definition) is 3. The van der Waals surface area contributed by atoms with Gasteiger partial charge in [0.15, 0.2) is 10.7 Å². The Kier molecular flexibility index (Phi) is 10.2. The number of aliphatic hydroxyl groups excluding tert-OH is 1. The Morgan fingerprint density at radius 3 is 2.41 bits per heavy atom. The number of ether oxygens (including phenoxy) is 1. The van der Waals surface area contributed by atoms with Crippen LogP contribution in [0, 0.1) is 19.8 Å². The lowest BCUT2D eigenvalue weighted by atomic mass is 10.0. The first-order valence-corrected chi connectivity index (χ1v) is 15.8. The molecule has 3 atom stereocenters. The summed E-state index contributed by atoms with van der Waals surface area (Å²) in [5.74, 6) is -0.273. The Labute approximate surface area is 264 Å². The summed E-state index contributed by atoms with van der Waals surface area (Å²) in [6.45, 7) is 6.39. The van der Waals surface area contributed by atoms with Crippen LogP contribution in [0.3, 0.4) is 0 Å². The van der Waals surface area contributed by atoms with Gasteiger partial charge in [0.1, 0.15) is 17.5 Å². The zero-order valence-electron chi connectivity index (χ0n) is 25.9. The number of nitrogens with zero attached hydrogens (tertiary/aromatic N) is 3. The van der Waals surface area contributed by atoms with Gasteiger partial charge in [0.2, 0.25) is 5.91 Å². The van der Waals surface area contributed by atoms with Crippen molar-refractivity contribution in [1.82, 2.24) is 15.0 Å². The van der Waals surface area contributed by atoms with E-state index >= 15 is 0 Å². The highest BCUT2D eigenvalue weighted by Crippen LogP contribution is 2.32. The summed E-state index contributed by atoms with van der Waals surface area (Å²) < 4.78 is 78.9. The first-order valence-electron chi connectivity index (χ1n) is 14.3. The minimum Gasteiger partial charge on any atom is -0.488 e. The summed E-state index contributed by atoms with van der Waals surface area (Å²) in [5.41, 5.74) is 0.0342. The average Bonchev–Trinajstić information content (AvgIpc) is 3.35. The number of anilines is 2. The van der Waals surface area contributed by atoms with Gasteiger partial charge in [-0.2, -0.15) is 13.2 Å². The molecule has 4 rings (SSSR count). The summed E-state index contributed by atoms with van der Waals surface area (Å²) in [4.78, 5) is 29.2. The molecule has 3 aromatic rings. The van der Waals surface area contributed by atoms with Gasteiger partial charge in [-0.15, -0.1) is 0 Å². The van der Waals surface area contributed by atoms with Crippen molar-refractivity contribution >= 4 is 33.3 Å². The zero-order valence-corrected chi connectivity index (χ0v) is 26.7. The van der Waals surface area contributed by atoms with Gasteiger partial charge in [0.05, 0.1) is 31.2 Å². The number of alkyl halides is 3. The topological polar surface area (TPSA) is 154 Å². The van der Waals surface area contributed by atoms with Crippen molar-refractivity contribution in [2.75, 3.05) is 36.8 Å². The molecule has 3 amide bonds. The van der Waals surface area contributed by atoms with E-state index in [-0.39, 0.29) is 65.7 Å². The Bertz CT molecular complexity index is 1660. The van der Waals surface area contributed by atoms with Crippen molar-refractivity contribution in [2.45, 2.75) is 57.3 Å². The van der Waals surface area contributed by atoms with Gasteiger partial charge >= 0.3 is 12.2 Å². The van der Waals surface area contributed by atoms with Crippen LogP contribution < -0.4 is 14.8 Å². The number of hydrogen-bond acceptors (Lipinski definition) is 8. The summed E-state index contributed by atoms with van der Waals surface area (Å²) in [6.07, 6.45) is -5.36. The minimum absolute atomic E-state index is 0.0169. The smallest absolute Gasteiger partial charge is 0.416 e. The lowest BCUT2D eigenvalue weighted by molar-refractivity contribution is -0.137. The van der Waals surface area contributed by atoms with Gasteiger partial charge in [0, 0.05) is 36.4 Å². The maximum absolute atomic E-state index is 13.5. The predicted octanol–water partition coefficient (Wildman–Crippen LogP) is 4.42. The number of carbonyl (C=O) groups is 2. The number of rotatable bonds is 8. The molecule has 0 unspecified atom stereocenters. The molecule has 0 bridgehead atoms. The highest BCUT2D eigenvalue weighted by molar-refractivity contribution is 7.92. The number of urea groups is 1. The van der Waals surface area contributed by atoms with E-state index in [0.29, 0.717) is 11.3 Å². The maximum Gasteiger partial charge on any atom is 0.416 e. The molecule has 250 valence electrons. The molecule has 2 heterocycles. The molecule has 0 spiro atoms. The van der Waals surface area contributed by atoms with Crippen LogP contribution in [0.2, 0.25) is 0 Å². The van der Waals surface area contributed by atoms with Crippen LogP contribution in [0.15, 0.2) is 51.9 Å². The van der Waals surface area contributed by atoms with E-state index in [2.05, 4.69) is 15.2 Å². The highest BCUT2D eigenvalue weighted by atomic mass is 32.2. The van der Waals surface area contributed by atoms with Crippen molar-refractivity contribution in [1.29, 1.82) is 0 Å². The Morgan fingerprint density at radius 2 is 1.83 bits per heavy atom. The minimum atomic E-state index is -4.51. The van der Waals surface area contributed by atoms with E-state index in [1.165, 1.54) is 48.9 Å². The van der Waals surface area contributed by atoms with Crippen LogP contribution in [0.1, 0.15) is 36.4 Å². The van der Waals surface area contributed by atoms with E-state index in [9.17, 15) is 36.3 Å². The molecule has 3 N–H and O–H groups in total. The number of sulfonamides is 1. The molecule has 0 radical (unpaired) electrons. The Balaban J connectivity index is 1.60. The van der Waals surface area contributed by atoms with Crippen LogP contribution in [0.5, 0.6) is 5.75 Å². The average molecular weight is 668 g/mol. The fraction of sp³-hybridized carbons (Fsp3) is 0.433. The standard InChI is InChI=1S/C30H36F3N5O7S/c1-17-14-38(18(2)16-39)27(40)13-21-12-24(36-46(42,43)28-19(3)35-45-20(28)4)10-11-25(21)44-26(17)15-37(5)29(41)34-23-8-6-22(7-9-23)30(31,32)33/h6-12,17-18,26,36,39H,13-16H2,1-5H3,(H,34,41)/t17-,18+,26+/m0/s1. The summed E-state index contributed by atoms with van der Waals surface area (Å²) in [6, 6.07) is 7.39. The third-order valence-corrected chi connectivity index (χ3v) is 9.29. The summed E-state index contributed by atoms with van der Waals surface area (Å²) in [5, 5.41) is 16.1.